The van der Waals surface area contributed by atoms with E-state index in [9.17, 15) is 0 Å². The van der Waals surface area contributed by atoms with Crippen LogP contribution >= 0.6 is 23.1 Å². The van der Waals surface area contributed by atoms with Crippen LogP contribution < -0.4 is 5.32 Å². The Kier molecular flexibility index (Phi) is 5.81. The van der Waals surface area contributed by atoms with Gasteiger partial charge in [0.25, 0.3) is 0 Å². The van der Waals surface area contributed by atoms with Crippen molar-refractivity contribution in [2.24, 2.45) is 0 Å². The first kappa shape index (κ1) is 14.5. The van der Waals surface area contributed by atoms with Crippen LogP contribution in [0.2, 0.25) is 0 Å². The number of thiophene rings is 1. The maximum absolute atomic E-state index is 4.07. The molecule has 2 heterocycles. The molecule has 0 unspecified atom stereocenters. The fourth-order valence-corrected chi connectivity index (χ4v) is 3.19. The molecular formula is C12H19N5S2. The van der Waals surface area contributed by atoms with Crippen LogP contribution in [0.3, 0.4) is 0 Å². The summed E-state index contributed by atoms with van der Waals surface area (Å²) in [7, 11) is 0. The molecular weight excluding hydrogens is 278 g/mol. The van der Waals surface area contributed by atoms with E-state index >= 15 is 0 Å². The van der Waals surface area contributed by atoms with Crippen LogP contribution in [0.25, 0.3) is 0 Å². The summed E-state index contributed by atoms with van der Waals surface area (Å²) in [5.74, 6) is 1.01. The highest BCUT2D eigenvalue weighted by Gasteiger charge is 2.06. The van der Waals surface area contributed by atoms with Crippen LogP contribution in [0, 0.1) is 0 Å². The number of aromatic nitrogens is 4. The molecule has 0 aliphatic carbocycles. The molecule has 104 valence electrons. The van der Waals surface area contributed by atoms with E-state index in [4.69, 9.17) is 0 Å². The normalized spacial score (nSPS) is 11.3. The quantitative estimate of drug-likeness (QED) is 0.756. The Balaban J connectivity index is 1.75. The minimum absolute atomic E-state index is 0.492. The fourth-order valence-electron chi connectivity index (χ4n) is 1.59. The standard InChI is InChI=1S/C12H19N5S2/c1-10(2)13-5-6-17-12(14-15-16-17)19-8-4-11-3-7-18-9-11/h3,7,9-10,13H,4-6,8H2,1-2H3. The molecule has 0 saturated heterocycles. The van der Waals surface area contributed by atoms with E-state index in [2.05, 4.69) is 51.5 Å². The summed E-state index contributed by atoms with van der Waals surface area (Å²) < 4.78 is 1.87. The zero-order valence-electron chi connectivity index (χ0n) is 11.2. The number of hydrogen-bond acceptors (Lipinski definition) is 6. The third kappa shape index (κ3) is 4.93. The number of thioether (sulfide) groups is 1. The van der Waals surface area contributed by atoms with Crippen LogP contribution in [0.4, 0.5) is 0 Å². The molecule has 0 atom stereocenters. The van der Waals surface area contributed by atoms with Crippen molar-refractivity contribution in [3.63, 3.8) is 0 Å². The highest BCUT2D eigenvalue weighted by atomic mass is 32.2. The van der Waals surface area contributed by atoms with Gasteiger partial charge in [-0.05, 0) is 39.2 Å². The second-order valence-corrected chi connectivity index (χ2v) is 6.37. The number of nitrogens with zero attached hydrogens (tertiary/aromatic N) is 4. The van der Waals surface area contributed by atoms with Crippen molar-refractivity contribution in [1.29, 1.82) is 0 Å². The number of nitrogens with one attached hydrogen (secondary N) is 1. The van der Waals surface area contributed by atoms with Crippen molar-refractivity contribution in [3.8, 4) is 0 Å². The van der Waals surface area contributed by atoms with E-state index in [1.54, 1.807) is 23.1 Å². The van der Waals surface area contributed by atoms with Gasteiger partial charge in [0, 0.05) is 18.3 Å². The average Bonchev–Trinajstić information content (AvgIpc) is 3.01. The molecule has 0 spiro atoms. The highest BCUT2D eigenvalue weighted by molar-refractivity contribution is 7.99. The molecule has 5 nitrogen and oxygen atoms in total. The smallest absolute Gasteiger partial charge is 0.209 e. The Morgan fingerprint density at radius 2 is 2.37 bits per heavy atom. The molecule has 0 radical (unpaired) electrons. The van der Waals surface area contributed by atoms with Gasteiger partial charge in [-0.3, -0.25) is 0 Å². The van der Waals surface area contributed by atoms with Gasteiger partial charge in [0.15, 0.2) is 0 Å². The van der Waals surface area contributed by atoms with Gasteiger partial charge in [-0.1, -0.05) is 25.6 Å². The lowest BCUT2D eigenvalue weighted by molar-refractivity contribution is 0.485. The number of hydrogen-bond donors (Lipinski definition) is 1. The lowest BCUT2D eigenvalue weighted by atomic mass is 10.3. The molecule has 2 rings (SSSR count). The molecule has 0 aliphatic rings. The third-order valence-corrected chi connectivity index (χ3v) is 4.27. The van der Waals surface area contributed by atoms with E-state index in [1.165, 1.54) is 5.56 Å². The van der Waals surface area contributed by atoms with E-state index in [0.29, 0.717) is 6.04 Å². The molecule has 19 heavy (non-hydrogen) atoms. The first-order valence-electron chi connectivity index (χ1n) is 6.39. The zero-order chi connectivity index (χ0) is 13.5. The predicted octanol–water partition coefficient (Wildman–Crippen LogP) is 2.07. The lowest BCUT2D eigenvalue weighted by Gasteiger charge is -2.08. The van der Waals surface area contributed by atoms with Gasteiger partial charge in [0.1, 0.15) is 0 Å². The summed E-state index contributed by atoms with van der Waals surface area (Å²) in [5.41, 5.74) is 1.39. The minimum atomic E-state index is 0.492. The van der Waals surface area contributed by atoms with Crippen LogP contribution in [-0.4, -0.2) is 38.5 Å². The predicted molar refractivity (Wildman–Crippen MR) is 79.7 cm³/mol. The Morgan fingerprint density at radius 3 is 3.11 bits per heavy atom. The van der Waals surface area contributed by atoms with Crippen molar-refractivity contribution >= 4 is 23.1 Å². The fraction of sp³-hybridized carbons (Fsp3) is 0.583. The van der Waals surface area contributed by atoms with Gasteiger partial charge in [-0.25, -0.2) is 4.68 Å². The summed E-state index contributed by atoms with van der Waals surface area (Å²) in [4.78, 5) is 0. The molecule has 0 amide bonds. The monoisotopic (exact) mass is 297 g/mol. The molecule has 2 aromatic heterocycles. The maximum atomic E-state index is 4.07. The summed E-state index contributed by atoms with van der Waals surface area (Å²) in [6.07, 6.45) is 1.06. The van der Waals surface area contributed by atoms with Crippen molar-refractivity contribution in [2.75, 3.05) is 12.3 Å². The molecule has 1 N–H and O–H groups in total. The summed E-state index contributed by atoms with van der Waals surface area (Å²) >= 11 is 3.46. The van der Waals surface area contributed by atoms with Gasteiger partial charge in [0.2, 0.25) is 5.16 Å². The molecule has 0 bridgehead atoms. The van der Waals surface area contributed by atoms with Gasteiger partial charge < -0.3 is 5.32 Å². The van der Waals surface area contributed by atoms with E-state index < -0.39 is 0 Å². The second-order valence-electron chi connectivity index (χ2n) is 4.52. The molecule has 0 saturated carbocycles. The van der Waals surface area contributed by atoms with Crippen molar-refractivity contribution in [3.05, 3.63) is 22.4 Å². The molecule has 2 aromatic rings. The van der Waals surface area contributed by atoms with Gasteiger partial charge in [-0.15, -0.1) is 5.10 Å². The maximum Gasteiger partial charge on any atom is 0.209 e. The minimum Gasteiger partial charge on any atom is -0.313 e. The molecule has 7 heteroatoms. The topological polar surface area (TPSA) is 55.6 Å². The van der Waals surface area contributed by atoms with Crippen LogP contribution in [0.1, 0.15) is 19.4 Å². The van der Waals surface area contributed by atoms with E-state index in [0.717, 1.165) is 30.4 Å². The number of aryl methyl sites for hydroxylation is 1. The Morgan fingerprint density at radius 1 is 1.47 bits per heavy atom. The second kappa shape index (κ2) is 7.62. The summed E-state index contributed by atoms with van der Waals surface area (Å²) in [6.45, 7) is 5.97. The zero-order valence-corrected chi connectivity index (χ0v) is 12.9. The molecule has 0 aromatic carbocycles. The van der Waals surface area contributed by atoms with E-state index in [-0.39, 0.29) is 0 Å². The first-order valence-corrected chi connectivity index (χ1v) is 8.32. The van der Waals surface area contributed by atoms with Crippen LogP contribution in [0.15, 0.2) is 22.0 Å². The molecule has 0 aliphatic heterocycles. The van der Waals surface area contributed by atoms with Crippen molar-refractivity contribution in [1.82, 2.24) is 25.5 Å². The Labute approximate surface area is 121 Å². The van der Waals surface area contributed by atoms with Crippen LogP contribution in [-0.2, 0) is 13.0 Å². The molecule has 0 fully saturated rings. The SMILES string of the molecule is CC(C)NCCn1nnnc1SCCc1ccsc1. The Bertz CT molecular complexity index is 466. The lowest BCUT2D eigenvalue weighted by Crippen LogP contribution is -2.27. The van der Waals surface area contributed by atoms with Crippen molar-refractivity contribution < 1.29 is 0 Å². The van der Waals surface area contributed by atoms with Gasteiger partial charge in [-0.2, -0.15) is 11.3 Å². The largest absolute Gasteiger partial charge is 0.313 e. The number of rotatable bonds is 8. The van der Waals surface area contributed by atoms with Crippen molar-refractivity contribution in [2.45, 2.75) is 38.0 Å². The highest BCUT2D eigenvalue weighted by Crippen LogP contribution is 2.16. The summed E-state index contributed by atoms with van der Waals surface area (Å²) in [6, 6.07) is 2.66. The van der Waals surface area contributed by atoms with E-state index in [1.807, 2.05) is 4.68 Å². The van der Waals surface area contributed by atoms with Gasteiger partial charge >= 0.3 is 0 Å². The summed E-state index contributed by atoms with van der Waals surface area (Å²) in [5, 5.41) is 20.4. The first-order chi connectivity index (χ1) is 9.25. The number of tetrazole rings is 1. The van der Waals surface area contributed by atoms with Gasteiger partial charge in [0.05, 0.1) is 6.54 Å². The third-order valence-electron chi connectivity index (χ3n) is 2.58. The van der Waals surface area contributed by atoms with Crippen LogP contribution in [0.5, 0.6) is 0 Å². The Hall–Kier alpha value is -0.920. The average molecular weight is 297 g/mol.